The summed E-state index contributed by atoms with van der Waals surface area (Å²) in [6.45, 7) is 9.91. The lowest BCUT2D eigenvalue weighted by molar-refractivity contribution is 0.311. The molecular formula is C21H28N6S. The molecule has 0 radical (unpaired) electrons. The van der Waals surface area contributed by atoms with Gasteiger partial charge in [-0.25, -0.2) is 9.97 Å². The standard InChI is InChI=1S/C21H28N6S/c1-15(2)18-11-17-19(13-22-12-16-5-4-10-28-16)24-21(25-20(17)14-23-18)27-8-6-26(3)7-9-27/h4-5,10-11,14-15,22H,6-9,12-13H2,1-3H3. The number of hydrogen-bond donors (Lipinski definition) is 1. The maximum atomic E-state index is 4.98. The molecule has 3 aromatic heterocycles. The molecule has 28 heavy (non-hydrogen) atoms. The van der Waals surface area contributed by atoms with Crippen molar-refractivity contribution < 1.29 is 0 Å². The van der Waals surface area contributed by atoms with Crippen LogP contribution in [0.15, 0.2) is 29.8 Å². The number of fused-ring (bicyclic) bond motifs is 1. The van der Waals surface area contributed by atoms with Crippen molar-refractivity contribution in [2.75, 3.05) is 38.1 Å². The summed E-state index contributed by atoms with van der Waals surface area (Å²) in [5.41, 5.74) is 3.07. The lowest BCUT2D eigenvalue weighted by Gasteiger charge is -2.32. The maximum Gasteiger partial charge on any atom is 0.226 e. The van der Waals surface area contributed by atoms with E-state index >= 15 is 0 Å². The van der Waals surface area contributed by atoms with Gasteiger partial charge < -0.3 is 15.1 Å². The Kier molecular flexibility index (Phi) is 5.85. The number of nitrogens with one attached hydrogen (secondary N) is 1. The lowest BCUT2D eigenvalue weighted by Crippen LogP contribution is -2.45. The topological polar surface area (TPSA) is 57.2 Å². The number of piperazine rings is 1. The zero-order chi connectivity index (χ0) is 19.5. The number of rotatable bonds is 6. The third-order valence-corrected chi connectivity index (χ3v) is 6.10. The first-order valence-electron chi connectivity index (χ1n) is 9.93. The van der Waals surface area contributed by atoms with Crippen molar-refractivity contribution in [3.8, 4) is 0 Å². The number of hydrogen-bond acceptors (Lipinski definition) is 7. The van der Waals surface area contributed by atoms with Crippen molar-refractivity contribution in [2.24, 2.45) is 0 Å². The Morgan fingerprint density at radius 1 is 1.14 bits per heavy atom. The Labute approximate surface area is 170 Å². The number of pyridine rings is 1. The van der Waals surface area contributed by atoms with Crippen molar-refractivity contribution >= 4 is 28.2 Å². The minimum Gasteiger partial charge on any atom is -0.338 e. The zero-order valence-electron chi connectivity index (χ0n) is 16.9. The van der Waals surface area contributed by atoms with Crippen molar-refractivity contribution in [3.05, 3.63) is 46.0 Å². The largest absolute Gasteiger partial charge is 0.338 e. The molecule has 0 unspecified atom stereocenters. The summed E-state index contributed by atoms with van der Waals surface area (Å²) in [6.07, 6.45) is 1.91. The van der Waals surface area contributed by atoms with E-state index in [1.165, 1.54) is 4.88 Å². The summed E-state index contributed by atoms with van der Waals surface area (Å²) in [4.78, 5) is 20.4. The molecular weight excluding hydrogens is 368 g/mol. The average Bonchev–Trinajstić information content (AvgIpc) is 3.21. The Hall–Kier alpha value is -2.09. The van der Waals surface area contributed by atoms with Crippen molar-refractivity contribution in [2.45, 2.75) is 32.9 Å². The summed E-state index contributed by atoms with van der Waals surface area (Å²) >= 11 is 1.78. The molecule has 0 aliphatic carbocycles. The number of aromatic nitrogens is 3. The van der Waals surface area contributed by atoms with Crippen LogP contribution in [-0.2, 0) is 13.1 Å². The lowest BCUT2D eigenvalue weighted by atomic mass is 10.1. The molecule has 0 saturated carbocycles. The molecule has 3 aromatic rings. The van der Waals surface area contributed by atoms with E-state index in [2.05, 4.69) is 64.6 Å². The second-order valence-corrected chi connectivity index (χ2v) is 8.76. The van der Waals surface area contributed by atoms with E-state index in [9.17, 15) is 0 Å². The first kappa shape index (κ1) is 19.2. The Balaban J connectivity index is 1.64. The van der Waals surface area contributed by atoms with Crippen molar-refractivity contribution in [3.63, 3.8) is 0 Å². The molecule has 1 N–H and O–H groups in total. The molecule has 1 aliphatic heterocycles. The van der Waals surface area contributed by atoms with Gasteiger partial charge in [-0.15, -0.1) is 11.3 Å². The zero-order valence-corrected chi connectivity index (χ0v) is 17.7. The monoisotopic (exact) mass is 396 g/mol. The Morgan fingerprint density at radius 3 is 2.68 bits per heavy atom. The second-order valence-electron chi connectivity index (χ2n) is 7.72. The fourth-order valence-corrected chi connectivity index (χ4v) is 4.09. The van der Waals surface area contributed by atoms with Gasteiger partial charge >= 0.3 is 0 Å². The van der Waals surface area contributed by atoms with E-state index in [1.54, 1.807) is 11.3 Å². The highest BCUT2D eigenvalue weighted by Gasteiger charge is 2.19. The minimum absolute atomic E-state index is 0.383. The van der Waals surface area contributed by atoms with Crippen LogP contribution in [0.4, 0.5) is 5.95 Å². The Bertz CT molecular complexity index is 916. The van der Waals surface area contributed by atoms with Crippen molar-refractivity contribution in [1.82, 2.24) is 25.2 Å². The molecule has 0 bridgehead atoms. The summed E-state index contributed by atoms with van der Waals surface area (Å²) in [5, 5.41) is 6.78. The van der Waals surface area contributed by atoms with Gasteiger partial charge in [-0.1, -0.05) is 19.9 Å². The molecule has 4 rings (SSSR count). The van der Waals surface area contributed by atoms with E-state index in [0.29, 0.717) is 5.92 Å². The van der Waals surface area contributed by atoms with Gasteiger partial charge in [0, 0.05) is 55.2 Å². The van der Waals surface area contributed by atoms with Crippen LogP contribution < -0.4 is 10.2 Å². The maximum absolute atomic E-state index is 4.98. The van der Waals surface area contributed by atoms with Gasteiger partial charge in [0.05, 0.1) is 17.4 Å². The Morgan fingerprint density at radius 2 is 1.96 bits per heavy atom. The average molecular weight is 397 g/mol. The number of thiophene rings is 1. The van der Waals surface area contributed by atoms with E-state index in [1.807, 2.05) is 6.20 Å². The number of likely N-dealkylation sites (N-methyl/N-ethyl adjacent to an activating group) is 1. The third kappa shape index (κ3) is 4.32. The number of nitrogens with zero attached hydrogens (tertiary/aromatic N) is 5. The highest BCUT2D eigenvalue weighted by molar-refractivity contribution is 7.09. The molecule has 1 fully saturated rings. The highest BCUT2D eigenvalue weighted by atomic mass is 32.1. The van der Waals surface area contributed by atoms with Gasteiger partial charge in [0.15, 0.2) is 0 Å². The van der Waals surface area contributed by atoms with E-state index in [4.69, 9.17) is 9.97 Å². The minimum atomic E-state index is 0.383. The van der Waals surface area contributed by atoms with Crippen molar-refractivity contribution in [1.29, 1.82) is 0 Å². The predicted octanol–water partition coefficient (Wildman–Crippen LogP) is 3.25. The van der Waals surface area contributed by atoms with E-state index < -0.39 is 0 Å². The molecule has 0 amide bonds. The van der Waals surface area contributed by atoms with Gasteiger partial charge in [-0.3, -0.25) is 4.98 Å². The smallest absolute Gasteiger partial charge is 0.226 e. The molecule has 0 atom stereocenters. The highest BCUT2D eigenvalue weighted by Crippen LogP contribution is 2.23. The van der Waals surface area contributed by atoms with Crippen LogP contribution in [0.3, 0.4) is 0 Å². The molecule has 7 heteroatoms. The van der Waals surface area contributed by atoms with Gasteiger partial charge in [-0.05, 0) is 30.5 Å². The molecule has 0 spiro atoms. The van der Waals surface area contributed by atoms with E-state index in [-0.39, 0.29) is 0 Å². The second kappa shape index (κ2) is 8.51. The SMILES string of the molecule is CC(C)c1cc2c(CNCc3cccs3)nc(N3CCN(C)CC3)nc2cn1. The van der Waals surface area contributed by atoms with Gasteiger partial charge in [-0.2, -0.15) is 0 Å². The van der Waals surface area contributed by atoms with Crippen LogP contribution in [-0.4, -0.2) is 53.1 Å². The molecule has 1 aliphatic rings. The van der Waals surface area contributed by atoms with Crippen LogP contribution >= 0.6 is 11.3 Å². The normalized spacial score (nSPS) is 15.6. The summed E-state index contributed by atoms with van der Waals surface area (Å²) in [7, 11) is 2.16. The third-order valence-electron chi connectivity index (χ3n) is 5.22. The molecule has 148 valence electrons. The fraction of sp³-hybridized carbons (Fsp3) is 0.476. The predicted molar refractivity (Wildman–Crippen MR) is 116 cm³/mol. The molecule has 4 heterocycles. The van der Waals surface area contributed by atoms with Crippen LogP contribution in [0.5, 0.6) is 0 Å². The van der Waals surface area contributed by atoms with Gasteiger partial charge in [0.1, 0.15) is 0 Å². The van der Waals surface area contributed by atoms with Gasteiger partial charge in [0.2, 0.25) is 5.95 Å². The quantitative estimate of drug-likeness (QED) is 0.690. The number of anilines is 1. The van der Waals surface area contributed by atoms with Crippen LogP contribution in [0, 0.1) is 0 Å². The molecule has 1 saturated heterocycles. The van der Waals surface area contributed by atoms with Crippen LogP contribution in [0.25, 0.3) is 10.9 Å². The summed E-state index contributed by atoms with van der Waals surface area (Å²) in [6, 6.07) is 6.41. The fourth-order valence-electron chi connectivity index (χ4n) is 3.41. The molecule has 0 aromatic carbocycles. The molecule has 6 nitrogen and oxygen atoms in total. The first-order valence-corrected chi connectivity index (χ1v) is 10.8. The summed E-state index contributed by atoms with van der Waals surface area (Å²) in [5.74, 6) is 1.21. The van der Waals surface area contributed by atoms with Gasteiger partial charge in [0.25, 0.3) is 0 Å². The van der Waals surface area contributed by atoms with E-state index in [0.717, 1.165) is 67.5 Å². The van der Waals surface area contributed by atoms with Crippen LogP contribution in [0.1, 0.15) is 36.0 Å². The summed E-state index contributed by atoms with van der Waals surface area (Å²) < 4.78 is 0. The van der Waals surface area contributed by atoms with Crippen LogP contribution in [0.2, 0.25) is 0 Å². The first-order chi connectivity index (χ1) is 13.6.